The first-order chi connectivity index (χ1) is 8.26. The number of nitrogens with one attached hydrogen (secondary N) is 1. The number of carbonyl (C=O) groups is 1. The van der Waals surface area contributed by atoms with Crippen LogP contribution in [0, 0.1) is 17.0 Å². The molecule has 0 saturated carbocycles. The van der Waals surface area contributed by atoms with Gasteiger partial charge in [0, 0.05) is 18.6 Å². The Kier molecular flexibility index (Phi) is 4.24. The normalized spacial score (nSPS) is 11.4. The van der Waals surface area contributed by atoms with Crippen LogP contribution in [-0.4, -0.2) is 29.3 Å². The molecule has 0 bridgehead atoms. The van der Waals surface area contributed by atoms with Crippen molar-refractivity contribution in [3.05, 3.63) is 29.3 Å². The van der Waals surface area contributed by atoms with Crippen molar-refractivity contribution >= 4 is 11.7 Å². The van der Waals surface area contributed by atoms with Gasteiger partial charge >= 0.3 is 5.97 Å². The van der Waals surface area contributed by atoms with Crippen LogP contribution < -0.4 is 5.32 Å². The molecule has 0 aliphatic heterocycles. The second-order valence-corrected chi connectivity index (χ2v) is 4.80. The molecule has 1 aromatic carbocycles. The maximum Gasteiger partial charge on any atom is 0.335 e. The summed E-state index contributed by atoms with van der Waals surface area (Å²) in [6.07, 6.45) is 0. The predicted molar refractivity (Wildman–Crippen MR) is 62.7 cm³/mol. The lowest BCUT2D eigenvalue weighted by atomic mass is 9.95. The third-order valence-corrected chi connectivity index (χ3v) is 2.46. The van der Waals surface area contributed by atoms with Gasteiger partial charge in [0.25, 0.3) is 0 Å². The number of benzene rings is 1. The van der Waals surface area contributed by atoms with Crippen LogP contribution in [0.1, 0.15) is 24.2 Å². The van der Waals surface area contributed by atoms with Gasteiger partial charge in [0.1, 0.15) is 17.3 Å². The molecule has 1 aromatic rings. The first kappa shape index (κ1) is 14.4. The van der Waals surface area contributed by atoms with E-state index in [1.54, 1.807) is 13.8 Å². The highest BCUT2D eigenvalue weighted by Gasteiger charge is 2.19. The Morgan fingerprint density at radius 1 is 1.33 bits per heavy atom. The van der Waals surface area contributed by atoms with E-state index in [2.05, 4.69) is 5.32 Å². The highest BCUT2D eigenvalue weighted by molar-refractivity contribution is 5.88. The molecule has 0 aliphatic carbocycles. The molecule has 6 heteroatoms. The zero-order chi connectivity index (χ0) is 13.9. The van der Waals surface area contributed by atoms with Crippen LogP contribution in [-0.2, 0) is 0 Å². The average Bonchev–Trinajstić information content (AvgIpc) is 2.27. The summed E-state index contributed by atoms with van der Waals surface area (Å²) in [5.74, 6) is -3.34. The van der Waals surface area contributed by atoms with Gasteiger partial charge in [0.05, 0.1) is 5.56 Å². The van der Waals surface area contributed by atoms with Gasteiger partial charge < -0.3 is 15.5 Å². The van der Waals surface area contributed by atoms with E-state index in [-0.39, 0.29) is 18.8 Å². The summed E-state index contributed by atoms with van der Waals surface area (Å²) in [5.41, 5.74) is -1.37. The van der Waals surface area contributed by atoms with Crippen LogP contribution in [0.3, 0.4) is 0 Å². The molecule has 0 aliphatic rings. The molecule has 1 rings (SSSR count). The smallest absolute Gasteiger partial charge is 0.335 e. The van der Waals surface area contributed by atoms with Gasteiger partial charge in [-0.15, -0.1) is 0 Å². The van der Waals surface area contributed by atoms with E-state index < -0.39 is 28.6 Å². The average molecular weight is 259 g/mol. The molecule has 0 radical (unpaired) electrons. The number of aliphatic hydroxyl groups excluding tert-OH is 1. The van der Waals surface area contributed by atoms with Crippen LogP contribution in [0.5, 0.6) is 0 Å². The molecule has 3 N–H and O–H groups in total. The molecule has 0 atom stereocenters. The van der Waals surface area contributed by atoms with Crippen LogP contribution in [0.4, 0.5) is 14.5 Å². The summed E-state index contributed by atoms with van der Waals surface area (Å²) in [5, 5.41) is 20.2. The second-order valence-electron chi connectivity index (χ2n) is 4.80. The second kappa shape index (κ2) is 5.30. The molecule has 4 nitrogen and oxygen atoms in total. The number of carboxylic acids is 1. The van der Waals surface area contributed by atoms with E-state index in [4.69, 9.17) is 10.2 Å². The van der Waals surface area contributed by atoms with E-state index in [0.29, 0.717) is 0 Å². The molecule has 18 heavy (non-hydrogen) atoms. The molecular weight excluding hydrogens is 244 g/mol. The van der Waals surface area contributed by atoms with E-state index in [9.17, 15) is 13.6 Å². The number of aliphatic hydroxyl groups is 1. The highest BCUT2D eigenvalue weighted by atomic mass is 19.1. The topological polar surface area (TPSA) is 69.6 Å². The van der Waals surface area contributed by atoms with Gasteiger partial charge in [0.15, 0.2) is 0 Å². The van der Waals surface area contributed by atoms with Crippen molar-refractivity contribution in [3.8, 4) is 0 Å². The third-order valence-electron chi connectivity index (χ3n) is 2.46. The zero-order valence-electron chi connectivity index (χ0n) is 10.1. The number of carboxylic acid groups (broad SMARTS) is 1. The maximum absolute atomic E-state index is 13.5. The number of anilines is 1. The molecule has 0 heterocycles. The largest absolute Gasteiger partial charge is 0.478 e. The quantitative estimate of drug-likeness (QED) is 0.757. The minimum atomic E-state index is -1.39. The van der Waals surface area contributed by atoms with Crippen LogP contribution in [0.2, 0.25) is 0 Å². The van der Waals surface area contributed by atoms with E-state index in [1.807, 2.05) is 0 Å². The molecule has 0 saturated heterocycles. The zero-order valence-corrected chi connectivity index (χ0v) is 10.1. The van der Waals surface area contributed by atoms with E-state index in [0.717, 1.165) is 12.1 Å². The number of hydrogen-bond acceptors (Lipinski definition) is 3. The summed E-state index contributed by atoms with van der Waals surface area (Å²) in [6, 6.07) is 1.50. The Balaban J connectivity index is 2.94. The monoisotopic (exact) mass is 259 g/mol. The fourth-order valence-electron chi connectivity index (χ4n) is 1.25. The molecule has 0 spiro atoms. The number of hydrogen-bond donors (Lipinski definition) is 3. The van der Waals surface area contributed by atoms with Crippen molar-refractivity contribution < 1.29 is 23.8 Å². The highest BCUT2D eigenvalue weighted by Crippen LogP contribution is 2.23. The molecule has 100 valence electrons. The first-order valence-corrected chi connectivity index (χ1v) is 5.34. The number of halogens is 2. The predicted octanol–water partition coefficient (Wildman–Crippen LogP) is 2.09. The van der Waals surface area contributed by atoms with Crippen LogP contribution >= 0.6 is 0 Å². The lowest BCUT2D eigenvalue weighted by molar-refractivity contribution is 0.0696. The van der Waals surface area contributed by atoms with Crippen LogP contribution in [0.15, 0.2) is 12.1 Å². The van der Waals surface area contributed by atoms with Crippen molar-refractivity contribution in [2.75, 3.05) is 18.5 Å². The SMILES string of the molecule is CC(C)(CO)CNc1c(F)cc(C(=O)O)cc1F. The van der Waals surface area contributed by atoms with Crippen molar-refractivity contribution in [1.82, 2.24) is 0 Å². The number of aromatic carboxylic acids is 1. The van der Waals surface area contributed by atoms with Gasteiger partial charge in [0.2, 0.25) is 0 Å². The minimum Gasteiger partial charge on any atom is -0.478 e. The van der Waals surface area contributed by atoms with Gasteiger partial charge in [-0.3, -0.25) is 0 Å². The summed E-state index contributed by atoms with van der Waals surface area (Å²) in [4.78, 5) is 10.6. The van der Waals surface area contributed by atoms with Crippen molar-refractivity contribution in [2.45, 2.75) is 13.8 Å². The lowest BCUT2D eigenvalue weighted by Crippen LogP contribution is -2.27. The Hall–Kier alpha value is -1.69. The van der Waals surface area contributed by atoms with Crippen LogP contribution in [0.25, 0.3) is 0 Å². The van der Waals surface area contributed by atoms with E-state index >= 15 is 0 Å². The van der Waals surface area contributed by atoms with Crippen molar-refractivity contribution in [2.24, 2.45) is 5.41 Å². The van der Waals surface area contributed by atoms with E-state index in [1.165, 1.54) is 0 Å². The Labute approximate surface area is 103 Å². The molecular formula is C12H15F2NO3. The fourth-order valence-corrected chi connectivity index (χ4v) is 1.25. The maximum atomic E-state index is 13.5. The standard InChI is InChI=1S/C12H15F2NO3/c1-12(2,6-16)5-15-10-8(13)3-7(11(17)18)4-9(10)14/h3-4,15-16H,5-6H2,1-2H3,(H,17,18). The minimum absolute atomic E-state index is 0.142. The van der Waals surface area contributed by atoms with Gasteiger partial charge in [-0.1, -0.05) is 13.8 Å². The van der Waals surface area contributed by atoms with Crippen molar-refractivity contribution in [3.63, 3.8) is 0 Å². The summed E-state index contributed by atoms with van der Waals surface area (Å²) in [6.45, 7) is 3.46. The number of rotatable bonds is 5. The van der Waals surface area contributed by atoms with Crippen molar-refractivity contribution in [1.29, 1.82) is 0 Å². The fraction of sp³-hybridized carbons (Fsp3) is 0.417. The molecule has 0 fully saturated rings. The Morgan fingerprint density at radius 2 is 1.83 bits per heavy atom. The molecule has 0 unspecified atom stereocenters. The molecule has 0 aromatic heterocycles. The summed E-state index contributed by atoms with van der Waals surface area (Å²) >= 11 is 0. The third kappa shape index (κ3) is 3.40. The summed E-state index contributed by atoms with van der Waals surface area (Å²) < 4.78 is 27.0. The summed E-state index contributed by atoms with van der Waals surface area (Å²) in [7, 11) is 0. The first-order valence-electron chi connectivity index (χ1n) is 5.34. The Morgan fingerprint density at radius 3 is 2.22 bits per heavy atom. The lowest BCUT2D eigenvalue weighted by Gasteiger charge is -2.23. The Bertz CT molecular complexity index is 438. The van der Waals surface area contributed by atoms with Gasteiger partial charge in [-0.25, -0.2) is 13.6 Å². The van der Waals surface area contributed by atoms with Gasteiger partial charge in [-0.2, -0.15) is 0 Å². The molecule has 0 amide bonds. The van der Waals surface area contributed by atoms with Gasteiger partial charge in [-0.05, 0) is 12.1 Å².